The van der Waals surface area contributed by atoms with E-state index in [9.17, 15) is 5.26 Å². The number of nitrogens with zero attached hydrogens (tertiary/aromatic N) is 3. The summed E-state index contributed by atoms with van der Waals surface area (Å²) in [4.78, 5) is 3.23. The zero-order chi connectivity index (χ0) is 27.3. The summed E-state index contributed by atoms with van der Waals surface area (Å²) in [5.74, 6) is 1.12. The zero-order valence-electron chi connectivity index (χ0n) is 21.2. The molecule has 0 aliphatic carbocycles. The smallest absolute Gasteiger partial charge is 0.176 e. The molecule has 0 saturated heterocycles. The molecule has 0 bridgehead atoms. The first-order valence-electron chi connectivity index (χ1n) is 12.6. The number of rotatable bonds is 6. The molecule has 192 valence electrons. The number of aromatic nitrogens is 3. The Balaban J connectivity index is 1.19. The van der Waals surface area contributed by atoms with Crippen LogP contribution in [-0.4, -0.2) is 20.3 Å². The quantitative estimate of drug-likeness (QED) is 0.161. The van der Waals surface area contributed by atoms with Gasteiger partial charge in [-0.1, -0.05) is 78.9 Å². The minimum atomic E-state index is 0.361. The highest BCUT2D eigenvalue weighted by Gasteiger charge is 2.15. The predicted molar refractivity (Wildman–Crippen MR) is 165 cm³/mol. The molecule has 8 heteroatoms. The van der Waals surface area contributed by atoms with Crippen molar-refractivity contribution in [1.82, 2.24) is 15.2 Å². The van der Waals surface area contributed by atoms with Gasteiger partial charge in [0.1, 0.15) is 17.5 Å². The summed E-state index contributed by atoms with van der Waals surface area (Å²) >= 11 is 5.55. The van der Waals surface area contributed by atoms with Crippen LogP contribution in [-0.2, 0) is 0 Å². The first kappa shape index (κ1) is 24.8. The number of anilines is 4. The maximum atomic E-state index is 10.0. The van der Waals surface area contributed by atoms with Crippen LogP contribution in [0.5, 0.6) is 0 Å². The Labute approximate surface area is 236 Å². The third-order valence-electron chi connectivity index (χ3n) is 6.46. The van der Waals surface area contributed by atoms with Gasteiger partial charge in [0.15, 0.2) is 10.9 Å². The maximum Gasteiger partial charge on any atom is 0.176 e. The van der Waals surface area contributed by atoms with Crippen LogP contribution in [0.1, 0.15) is 5.56 Å². The Kier molecular flexibility index (Phi) is 6.86. The average Bonchev–Trinajstić information content (AvgIpc) is 3.41. The van der Waals surface area contributed by atoms with Crippen molar-refractivity contribution in [1.29, 1.82) is 5.26 Å². The van der Waals surface area contributed by atoms with Crippen LogP contribution in [0, 0.1) is 11.3 Å². The van der Waals surface area contributed by atoms with E-state index >= 15 is 0 Å². The normalized spacial score (nSPS) is 10.6. The van der Waals surface area contributed by atoms with Crippen LogP contribution in [0.15, 0.2) is 115 Å². The van der Waals surface area contributed by atoms with E-state index in [0.29, 0.717) is 22.3 Å². The third-order valence-corrected chi connectivity index (χ3v) is 6.67. The summed E-state index contributed by atoms with van der Waals surface area (Å²) < 4.78 is 0. The lowest BCUT2D eigenvalue weighted by Crippen LogP contribution is -2.20. The molecule has 6 rings (SSSR count). The minimum absolute atomic E-state index is 0.361. The Morgan fingerprint density at radius 1 is 0.725 bits per heavy atom. The van der Waals surface area contributed by atoms with E-state index in [2.05, 4.69) is 61.5 Å². The van der Waals surface area contributed by atoms with Gasteiger partial charge >= 0.3 is 0 Å². The second-order valence-electron chi connectivity index (χ2n) is 9.05. The number of H-pyrrole nitrogens is 1. The summed E-state index contributed by atoms with van der Waals surface area (Å²) in [6, 6.07) is 37.9. The number of nitriles is 1. The number of nitrogens with one attached hydrogen (secondary N) is 4. The van der Waals surface area contributed by atoms with Crippen molar-refractivity contribution in [3.05, 3.63) is 121 Å². The standard InChI is InChI=1S/C32H23N7S/c33-19-25-26(24-15-14-21-8-4-5-11-23(21)18-24)20-34-31(25)35-28-12-6-7-13-29(28)36-32(40)37-30-17-16-27(38-39-30)22-9-2-1-3-10-22/h1-18,20,34-35H,(H2,36,37,39,40). The topological polar surface area (TPSA) is 101 Å². The molecule has 0 radical (unpaired) electrons. The van der Waals surface area contributed by atoms with E-state index in [-0.39, 0.29) is 0 Å². The largest absolute Gasteiger partial charge is 0.346 e. The molecule has 0 saturated carbocycles. The second-order valence-corrected chi connectivity index (χ2v) is 9.45. The van der Waals surface area contributed by atoms with Crippen molar-refractivity contribution in [2.75, 3.05) is 16.0 Å². The summed E-state index contributed by atoms with van der Waals surface area (Å²) in [6.07, 6.45) is 1.85. The van der Waals surface area contributed by atoms with Gasteiger partial charge in [-0.25, -0.2) is 0 Å². The fourth-order valence-electron chi connectivity index (χ4n) is 4.49. The van der Waals surface area contributed by atoms with Gasteiger partial charge < -0.3 is 20.9 Å². The van der Waals surface area contributed by atoms with Gasteiger partial charge in [0, 0.05) is 17.3 Å². The van der Waals surface area contributed by atoms with E-state index < -0.39 is 0 Å². The predicted octanol–water partition coefficient (Wildman–Crippen LogP) is 7.72. The summed E-state index contributed by atoms with van der Waals surface area (Å²) in [6.45, 7) is 0. The van der Waals surface area contributed by atoms with Gasteiger partial charge in [0.2, 0.25) is 0 Å². The lowest BCUT2D eigenvalue weighted by Gasteiger charge is -2.15. The fourth-order valence-corrected chi connectivity index (χ4v) is 4.70. The lowest BCUT2D eigenvalue weighted by molar-refractivity contribution is 1.05. The van der Waals surface area contributed by atoms with E-state index in [4.69, 9.17) is 12.2 Å². The van der Waals surface area contributed by atoms with E-state index in [1.807, 2.05) is 91.1 Å². The number of aromatic amines is 1. The highest BCUT2D eigenvalue weighted by atomic mass is 32.1. The van der Waals surface area contributed by atoms with Crippen molar-refractivity contribution in [3.63, 3.8) is 0 Å². The van der Waals surface area contributed by atoms with Crippen LogP contribution >= 0.6 is 12.2 Å². The first-order chi connectivity index (χ1) is 19.7. The van der Waals surface area contributed by atoms with Gasteiger partial charge in [-0.15, -0.1) is 10.2 Å². The number of thiocarbonyl (C=S) groups is 1. The molecule has 40 heavy (non-hydrogen) atoms. The SMILES string of the molecule is N#Cc1c(-c2ccc3ccccc3c2)c[nH]c1Nc1ccccc1NC(=S)Nc1ccc(-c2ccccc2)nn1. The van der Waals surface area contributed by atoms with Crippen LogP contribution in [0.3, 0.4) is 0 Å². The van der Waals surface area contributed by atoms with Crippen LogP contribution in [0.4, 0.5) is 23.0 Å². The highest BCUT2D eigenvalue weighted by Crippen LogP contribution is 2.34. The van der Waals surface area contributed by atoms with Crippen molar-refractivity contribution in [3.8, 4) is 28.5 Å². The Morgan fingerprint density at radius 3 is 2.25 bits per heavy atom. The molecular formula is C32H23N7S. The molecule has 0 atom stereocenters. The Bertz CT molecular complexity index is 1860. The lowest BCUT2D eigenvalue weighted by atomic mass is 10.0. The second kappa shape index (κ2) is 11.1. The van der Waals surface area contributed by atoms with E-state index in [0.717, 1.165) is 44.5 Å². The van der Waals surface area contributed by atoms with Crippen LogP contribution < -0.4 is 16.0 Å². The van der Waals surface area contributed by atoms with Gasteiger partial charge in [-0.05, 0) is 58.9 Å². The third kappa shape index (κ3) is 5.23. The monoisotopic (exact) mass is 537 g/mol. The van der Waals surface area contributed by atoms with E-state index in [1.54, 1.807) is 0 Å². The van der Waals surface area contributed by atoms with Gasteiger partial charge in [-0.2, -0.15) is 5.26 Å². The van der Waals surface area contributed by atoms with Gasteiger partial charge in [0.25, 0.3) is 0 Å². The molecule has 4 aromatic carbocycles. The van der Waals surface area contributed by atoms with Gasteiger partial charge in [0.05, 0.1) is 17.1 Å². The molecule has 0 spiro atoms. The number of fused-ring (bicyclic) bond motifs is 1. The molecule has 0 aliphatic rings. The number of benzene rings is 4. The van der Waals surface area contributed by atoms with Crippen LogP contribution in [0.2, 0.25) is 0 Å². The van der Waals surface area contributed by atoms with Crippen molar-refractivity contribution in [2.45, 2.75) is 0 Å². The van der Waals surface area contributed by atoms with Crippen molar-refractivity contribution >= 4 is 51.1 Å². The number of para-hydroxylation sites is 2. The zero-order valence-corrected chi connectivity index (χ0v) is 22.0. The Hall–Kier alpha value is -5.52. The maximum absolute atomic E-state index is 10.0. The fraction of sp³-hybridized carbons (Fsp3) is 0. The van der Waals surface area contributed by atoms with Crippen molar-refractivity contribution < 1.29 is 0 Å². The number of hydrogen-bond donors (Lipinski definition) is 4. The first-order valence-corrected chi connectivity index (χ1v) is 13.0. The van der Waals surface area contributed by atoms with Crippen molar-refractivity contribution in [2.24, 2.45) is 0 Å². The molecule has 0 fully saturated rings. The summed E-state index contributed by atoms with van der Waals surface area (Å²) in [5.41, 5.74) is 5.58. The number of hydrogen-bond acceptors (Lipinski definition) is 5. The summed E-state index contributed by atoms with van der Waals surface area (Å²) in [5, 5.41) is 30.9. The average molecular weight is 538 g/mol. The van der Waals surface area contributed by atoms with Gasteiger partial charge in [-0.3, -0.25) is 0 Å². The molecule has 0 amide bonds. The molecule has 0 unspecified atom stereocenters. The minimum Gasteiger partial charge on any atom is -0.346 e. The molecule has 0 aliphatic heterocycles. The molecule has 7 nitrogen and oxygen atoms in total. The highest BCUT2D eigenvalue weighted by molar-refractivity contribution is 7.80. The molecule has 6 aromatic rings. The molecule has 2 heterocycles. The Morgan fingerprint density at radius 2 is 1.48 bits per heavy atom. The summed E-state index contributed by atoms with van der Waals surface area (Å²) in [7, 11) is 0. The van der Waals surface area contributed by atoms with E-state index in [1.165, 1.54) is 0 Å². The molecule has 2 aromatic heterocycles. The molecular weight excluding hydrogens is 514 g/mol. The van der Waals surface area contributed by atoms with Crippen LogP contribution in [0.25, 0.3) is 33.2 Å². The molecule has 4 N–H and O–H groups in total.